The largest absolute Gasteiger partial charge is 0.366 e. The summed E-state index contributed by atoms with van der Waals surface area (Å²) in [5.74, 6) is 0.623. The third kappa shape index (κ3) is 3.00. The van der Waals surface area contributed by atoms with Crippen LogP contribution in [0.4, 0.5) is 5.00 Å². The van der Waals surface area contributed by atoms with Crippen molar-refractivity contribution in [2.45, 2.75) is 20.3 Å². The van der Waals surface area contributed by atoms with Crippen molar-refractivity contribution in [3.8, 4) is 0 Å². The maximum atomic E-state index is 5.59. The van der Waals surface area contributed by atoms with Crippen LogP contribution in [0.1, 0.15) is 18.9 Å². The van der Waals surface area contributed by atoms with E-state index in [9.17, 15) is 0 Å². The van der Waals surface area contributed by atoms with E-state index in [-0.39, 0.29) is 0 Å². The van der Waals surface area contributed by atoms with Crippen LogP contribution in [0.25, 0.3) is 0 Å². The average molecular weight is 212 g/mol. The van der Waals surface area contributed by atoms with Crippen LogP contribution in [0.3, 0.4) is 0 Å². The quantitative estimate of drug-likeness (QED) is 0.812. The van der Waals surface area contributed by atoms with E-state index in [1.165, 1.54) is 17.0 Å². The number of nitrogens with zero attached hydrogens (tertiary/aromatic N) is 1. The standard InChI is InChI=1S/C11H20N2S/c1-9(8-12)4-6-13(3)11-10(2)5-7-14-11/h5,7,9H,4,6,8,12H2,1-3H3. The van der Waals surface area contributed by atoms with Gasteiger partial charge in [-0.3, -0.25) is 0 Å². The van der Waals surface area contributed by atoms with Crippen molar-refractivity contribution < 1.29 is 0 Å². The van der Waals surface area contributed by atoms with Crippen molar-refractivity contribution in [1.82, 2.24) is 0 Å². The molecule has 14 heavy (non-hydrogen) atoms. The molecule has 0 fully saturated rings. The van der Waals surface area contributed by atoms with Crippen LogP contribution in [0, 0.1) is 12.8 Å². The minimum Gasteiger partial charge on any atom is -0.366 e. The molecule has 1 rings (SSSR count). The van der Waals surface area contributed by atoms with Gasteiger partial charge in [-0.05, 0) is 42.8 Å². The molecule has 1 aromatic heterocycles. The van der Waals surface area contributed by atoms with E-state index in [0.29, 0.717) is 5.92 Å². The lowest BCUT2D eigenvalue weighted by Gasteiger charge is -2.20. The number of hydrogen-bond acceptors (Lipinski definition) is 3. The first-order chi connectivity index (χ1) is 6.65. The van der Waals surface area contributed by atoms with Gasteiger partial charge in [0.15, 0.2) is 0 Å². The van der Waals surface area contributed by atoms with E-state index in [1.54, 1.807) is 0 Å². The van der Waals surface area contributed by atoms with Gasteiger partial charge in [0.1, 0.15) is 0 Å². The monoisotopic (exact) mass is 212 g/mol. The summed E-state index contributed by atoms with van der Waals surface area (Å²) >= 11 is 1.81. The molecular formula is C11H20N2S. The minimum atomic E-state index is 0.623. The molecule has 0 radical (unpaired) electrons. The zero-order valence-corrected chi connectivity index (χ0v) is 10.1. The summed E-state index contributed by atoms with van der Waals surface area (Å²) in [5.41, 5.74) is 6.96. The topological polar surface area (TPSA) is 29.3 Å². The Morgan fingerprint density at radius 3 is 2.79 bits per heavy atom. The fraction of sp³-hybridized carbons (Fsp3) is 0.636. The normalized spacial score (nSPS) is 12.9. The molecule has 1 aromatic rings. The number of rotatable bonds is 5. The second kappa shape index (κ2) is 5.37. The predicted octanol–water partition coefficient (Wildman–Crippen LogP) is 2.48. The fourth-order valence-electron chi connectivity index (χ4n) is 1.39. The molecule has 0 aliphatic heterocycles. The number of aryl methyl sites for hydroxylation is 1. The lowest BCUT2D eigenvalue weighted by molar-refractivity contribution is 0.545. The Morgan fingerprint density at radius 1 is 1.57 bits per heavy atom. The summed E-state index contributed by atoms with van der Waals surface area (Å²) in [6, 6.07) is 2.17. The molecule has 0 aliphatic rings. The van der Waals surface area contributed by atoms with Crippen molar-refractivity contribution in [2.24, 2.45) is 11.7 Å². The summed E-state index contributed by atoms with van der Waals surface area (Å²) in [7, 11) is 2.15. The summed E-state index contributed by atoms with van der Waals surface area (Å²) in [6.45, 7) is 6.25. The zero-order chi connectivity index (χ0) is 10.6. The van der Waals surface area contributed by atoms with Crippen molar-refractivity contribution in [3.05, 3.63) is 17.0 Å². The van der Waals surface area contributed by atoms with Crippen LogP contribution in [-0.2, 0) is 0 Å². The highest BCUT2D eigenvalue weighted by Gasteiger charge is 2.07. The summed E-state index contributed by atoms with van der Waals surface area (Å²) in [5, 5.41) is 3.53. The van der Waals surface area contributed by atoms with Crippen LogP contribution in [0.15, 0.2) is 11.4 Å². The third-order valence-electron chi connectivity index (χ3n) is 2.54. The van der Waals surface area contributed by atoms with Gasteiger partial charge in [-0.25, -0.2) is 0 Å². The van der Waals surface area contributed by atoms with Crippen molar-refractivity contribution in [3.63, 3.8) is 0 Å². The molecule has 0 saturated heterocycles. The second-order valence-corrected chi connectivity index (χ2v) is 4.85. The van der Waals surface area contributed by atoms with Gasteiger partial charge < -0.3 is 10.6 Å². The lowest BCUT2D eigenvalue weighted by Crippen LogP contribution is -2.22. The highest BCUT2D eigenvalue weighted by molar-refractivity contribution is 7.14. The Hall–Kier alpha value is -0.540. The fourth-order valence-corrected chi connectivity index (χ4v) is 2.32. The molecule has 2 N–H and O–H groups in total. The molecule has 0 amide bonds. The van der Waals surface area contributed by atoms with Gasteiger partial charge >= 0.3 is 0 Å². The molecule has 0 saturated carbocycles. The Kier molecular flexibility index (Phi) is 4.42. The van der Waals surface area contributed by atoms with Crippen LogP contribution < -0.4 is 10.6 Å². The number of nitrogens with two attached hydrogens (primary N) is 1. The van der Waals surface area contributed by atoms with Crippen molar-refractivity contribution >= 4 is 16.3 Å². The van der Waals surface area contributed by atoms with Gasteiger partial charge in [-0.1, -0.05) is 6.92 Å². The first-order valence-corrected chi connectivity index (χ1v) is 5.98. The van der Waals surface area contributed by atoms with E-state index in [1.807, 2.05) is 11.3 Å². The zero-order valence-electron chi connectivity index (χ0n) is 9.29. The van der Waals surface area contributed by atoms with Gasteiger partial charge in [0.2, 0.25) is 0 Å². The van der Waals surface area contributed by atoms with Crippen LogP contribution >= 0.6 is 11.3 Å². The number of anilines is 1. The van der Waals surface area contributed by atoms with E-state index >= 15 is 0 Å². The van der Waals surface area contributed by atoms with Gasteiger partial charge in [0.25, 0.3) is 0 Å². The van der Waals surface area contributed by atoms with E-state index < -0.39 is 0 Å². The minimum absolute atomic E-state index is 0.623. The SMILES string of the molecule is Cc1ccsc1N(C)CCC(C)CN. The first kappa shape index (κ1) is 11.5. The molecular weight excluding hydrogens is 192 g/mol. The maximum absolute atomic E-state index is 5.59. The lowest BCUT2D eigenvalue weighted by atomic mass is 10.1. The van der Waals surface area contributed by atoms with Crippen LogP contribution in [0.5, 0.6) is 0 Å². The molecule has 0 aliphatic carbocycles. The second-order valence-electron chi connectivity index (χ2n) is 3.96. The highest BCUT2D eigenvalue weighted by atomic mass is 32.1. The average Bonchev–Trinajstić information content (AvgIpc) is 2.60. The van der Waals surface area contributed by atoms with E-state index in [4.69, 9.17) is 5.73 Å². The van der Waals surface area contributed by atoms with Gasteiger partial charge in [-0.15, -0.1) is 11.3 Å². The first-order valence-electron chi connectivity index (χ1n) is 5.10. The summed E-state index contributed by atoms with van der Waals surface area (Å²) in [6.07, 6.45) is 1.17. The summed E-state index contributed by atoms with van der Waals surface area (Å²) < 4.78 is 0. The van der Waals surface area contributed by atoms with E-state index in [0.717, 1.165) is 13.1 Å². The molecule has 0 aromatic carbocycles. The molecule has 0 bridgehead atoms. The maximum Gasteiger partial charge on any atom is 0.0935 e. The molecule has 1 atom stereocenters. The number of hydrogen-bond donors (Lipinski definition) is 1. The summed E-state index contributed by atoms with van der Waals surface area (Å²) in [4.78, 5) is 2.33. The molecule has 0 spiro atoms. The Morgan fingerprint density at radius 2 is 2.29 bits per heavy atom. The van der Waals surface area contributed by atoms with Gasteiger partial charge in [0, 0.05) is 13.6 Å². The third-order valence-corrected chi connectivity index (χ3v) is 3.67. The molecule has 1 unspecified atom stereocenters. The van der Waals surface area contributed by atoms with Crippen molar-refractivity contribution in [1.29, 1.82) is 0 Å². The molecule has 2 nitrogen and oxygen atoms in total. The van der Waals surface area contributed by atoms with Gasteiger partial charge in [0.05, 0.1) is 5.00 Å². The molecule has 80 valence electrons. The highest BCUT2D eigenvalue weighted by Crippen LogP contribution is 2.25. The molecule has 1 heterocycles. The smallest absolute Gasteiger partial charge is 0.0935 e. The number of thiophene rings is 1. The molecule has 3 heteroatoms. The van der Waals surface area contributed by atoms with Crippen LogP contribution in [0.2, 0.25) is 0 Å². The van der Waals surface area contributed by atoms with Gasteiger partial charge in [-0.2, -0.15) is 0 Å². The van der Waals surface area contributed by atoms with Crippen LogP contribution in [-0.4, -0.2) is 20.1 Å². The Bertz CT molecular complexity index is 270. The van der Waals surface area contributed by atoms with E-state index in [2.05, 4.69) is 37.2 Å². The van der Waals surface area contributed by atoms with Crippen molar-refractivity contribution in [2.75, 3.05) is 25.0 Å². The predicted molar refractivity (Wildman–Crippen MR) is 65.2 cm³/mol. The Labute approximate surface area is 90.7 Å². The Balaban J connectivity index is 2.43.